The summed E-state index contributed by atoms with van der Waals surface area (Å²) in [4.78, 5) is 28.6. The Morgan fingerprint density at radius 2 is 1.76 bits per heavy atom. The molecule has 2 aromatic carbocycles. The molecule has 1 aliphatic rings. The van der Waals surface area contributed by atoms with Crippen LogP contribution in [0.1, 0.15) is 68.6 Å². The summed E-state index contributed by atoms with van der Waals surface area (Å²) in [6.45, 7) is 6.15. The van der Waals surface area contributed by atoms with E-state index in [2.05, 4.69) is 5.32 Å². The van der Waals surface area contributed by atoms with Crippen molar-refractivity contribution in [3.63, 3.8) is 0 Å². The second-order valence-corrected chi connectivity index (χ2v) is 12.5. The van der Waals surface area contributed by atoms with Crippen molar-refractivity contribution in [3.8, 4) is 0 Å². The van der Waals surface area contributed by atoms with Gasteiger partial charge >= 0.3 is 0 Å². The van der Waals surface area contributed by atoms with E-state index in [1.807, 2.05) is 38.1 Å². The molecular weight excluding hydrogens is 522 g/mol. The van der Waals surface area contributed by atoms with Crippen LogP contribution in [0.3, 0.4) is 0 Å². The maximum absolute atomic E-state index is 13.6. The van der Waals surface area contributed by atoms with Crippen molar-refractivity contribution >= 4 is 39.1 Å². The molecule has 2 amide bonds. The Balaban J connectivity index is 1.79. The first-order chi connectivity index (χ1) is 18.0. The maximum atomic E-state index is 13.6. The number of sulfonamides is 1. The zero-order valence-corrected chi connectivity index (χ0v) is 24.4. The van der Waals surface area contributed by atoms with Gasteiger partial charge < -0.3 is 10.2 Å². The molecule has 0 aliphatic heterocycles. The van der Waals surface area contributed by atoms with Gasteiger partial charge in [0.25, 0.3) is 0 Å². The molecule has 0 aromatic heterocycles. The summed E-state index contributed by atoms with van der Waals surface area (Å²) in [6.07, 6.45) is 6.23. The number of rotatable bonds is 12. The average molecular weight is 562 g/mol. The van der Waals surface area contributed by atoms with Crippen LogP contribution in [0.4, 0.5) is 5.69 Å². The van der Waals surface area contributed by atoms with Crippen LogP contribution in [0.25, 0.3) is 0 Å². The highest BCUT2D eigenvalue weighted by molar-refractivity contribution is 7.92. The first kappa shape index (κ1) is 30.0. The largest absolute Gasteiger partial charge is 0.352 e. The van der Waals surface area contributed by atoms with Gasteiger partial charge in [0.2, 0.25) is 21.8 Å². The second-order valence-electron chi connectivity index (χ2n) is 10.2. The molecule has 1 fully saturated rings. The Hall–Kier alpha value is -2.58. The van der Waals surface area contributed by atoms with Gasteiger partial charge in [0.05, 0.1) is 11.9 Å². The van der Waals surface area contributed by atoms with Gasteiger partial charge in [-0.25, -0.2) is 8.42 Å². The van der Waals surface area contributed by atoms with Crippen molar-refractivity contribution in [2.45, 2.75) is 84.3 Å². The summed E-state index contributed by atoms with van der Waals surface area (Å²) < 4.78 is 26.6. The van der Waals surface area contributed by atoms with Crippen LogP contribution in [0.5, 0.6) is 0 Å². The molecule has 1 N–H and O–H groups in total. The number of hydrogen-bond donors (Lipinski definition) is 1. The minimum atomic E-state index is -3.59. The molecule has 0 unspecified atom stereocenters. The standard InChI is InChI=1S/C29H40ClN3O4S/c1-5-26(29(35)31-24-14-8-9-15-24)32(20-23-13-7-6-12-21(23)2)28(34)18-11-19-33(38(4,36)37)27-17-10-16-25(30)22(27)3/h6-7,10,12-13,16-17,24,26H,5,8-9,11,14-15,18-20H2,1-4H3,(H,31,35)/t26-/m0/s1. The second kappa shape index (κ2) is 13.5. The monoisotopic (exact) mass is 561 g/mol. The van der Waals surface area contributed by atoms with Crippen LogP contribution >= 0.6 is 11.6 Å². The first-order valence-electron chi connectivity index (χ1n) is 13.4. The van der Waals surface area contributed by atoms with E-state index in [4.69, 9.17) is 11.6 Å². The predicted octanol–water partition coefficient (Wildman–Crippen LogP) is 5.37. The van der Waals surface area contributed by atoms with Gasteiger partial charge in [0.15, 0.2) is 0 Å². The fraction of sp³-hybridized carbons (Fsp3) is 0.517. The fourth-order valence-electron chi connectivity index (χ4n) is 5.11. The number of carbonyl (C=O) groups is 2. The van der Waals surface area contributed by atoms with Crippen LogP contribution in [0, 0.1) is 13.8 Å². The molecule has 0 bridgehead atoms. The first-order valence-corrected chi connectivity index (χ1v) is 15.6. The number of anilines is 1. The number of benzene rings is 2. The molecule has 0 heterocycles. The van der Waals surface area contributed by atoms with Crippen LogP contribution in [-0.2, 0) is 26.2 Å². The van der Waals surface area contributed by atoms with E-state index < -0.39 is 16.1 Å². The third kappa shape index (κ3) is 7.73. The topological polar surface area (TPSA) is 86.8 Å². The van der Waals surface area contributed by atoms with E-state index >= 15 is 0 Å². The highest BCUT2D eigenvalue weighted by Gasteiger charge is 2.31. The van der Waals surface area contributed by atoms with E-state index in [9.17, 15) is 18.0 Å². The Kier molecular flexibility index (Phi) is 10.6. The zero-order chi connectivity index (χ0) is 27.9. The van der Waals surface area contributed by atoms with Crippen molar-refractivity contribution in [3.05, 3.63) is 64.2 Å². The normalized spacial score (nSPS) is 14.8. The van der Waals surface area contributed by atoms with E-state index in [-0.39, 0.29) is 30.8 Å². The molecule has 3 rings (SSSR count). The van der Waals surface area contributed by atoms with Crippen molar-refractivity contribution in [1.29, 1.82) is 0 Å². The minimum Gasteiger partial charge on any atom is -0.352 e. The summed E-state index contributed by atoms with van der Waals surface area (Å²) in [5.74, 6) is -0.286. The quantitative estimate of drug-likeness (QED) is 0.377. The van der Waals surface area contributed by atoms with Gasteiger partial charge in [-0.05, 0) is 68.4 Å². The summed E-state index contributed by atoms with van der Waals surface area (Å²) in [7, 11) is -3.59. The summed E-state index contributed by atoms with van der Waals surface area (Å²) in [5, 5.41) is 3.64. The lowest BCUT2D eigenvalue weighted by Crippen LogP contribution is -2.51. The number of nitrogens with zero attached hydrogens (tertiary/aromatic N) is 2. The minimum absolute atomic E-state index is 0.116. The third-order valence-corrected chi connectivity index (χ3v) is 8.94. The van der Waals surface area contributed by atoms with E-state index in [1.54, 1.807) is 30.0 Å². The molecular formula is C29H40ClN3O4S. The number of nitrogens with one attached hydrogen (secondary N) is 1. The SMILES string of the molecule is CC[C@@H](C(=O)NC1CCCC1)N(Cc1ccccc1C)C(=O)CCCN(c1cccc(Cl)c1C)S(C)(=O)=O. The molecule has 0 saturated heterocycles. The summed E-state index contributed by atoms with van der Waals surface area (Å²) >= 11 is 6.24. The number of aryl methyl sites for hydroxylation is 1. The Morgan fingerprint density at radius 3 is 2.39 bits per heavy atom. The Bertz CT molecular complexity index is 1230. The van der Waals surface area contributed by atoms with Gasteiger partial charge in [-0.15, -0.1) is 0 Å². The Morgan fingerprint density at radius 1 is 1.08 bits per heavy atom. The molecule has 7 nitrogen and oxygen atoms in total. The lowest BCUT2D eigenvalue weighted by Gasteiger charge is -2.32. The van der Waals surface area contributed by atoms with Gasteiger partial charge in [-0.2, -0.15) is 0 Å². The lowest BCUT2D eigenvalue weighted by atomic mass is 10.0. The van der Waals surface area contributed by atoms with E-state index in [1.165, 1.54) is 4.31 Å². The Labute approximate surface area is 232 Å². The van der Waals surface area contributed by atoms with Gasteiger partial charge in [0.1, 0.15) is 6.04 Å². The van der Waals surface area contributed by atoms with Crippen LogP contribution < -0.4 is 9.62 Å². The van der Waals surface area contributed by atoms with Crippen LogP contribution in [0.2, 0.25) is 5.02 Å². The van der Waals surface area contributed by atoms with Crippen molar-refractivity contribution in [2.24, 2.45) is 0 Å². The molecule has 1 saturated carbocycles. The van der Waals surface area contributed by atoms with Crippen LogP contribution in [-0.4, -0.2) is 50.0 Å². The zero-order valence-electron chi connectivity index (χ0n) is 22.9. The molecule has 0 radical (unpaired) electrons. The van der Waals surface area contributed by atoms with Crippen molar-refractivity contribution in [2.75, 3.05) is 17.1 Å². The number of hydrogen-bond acceptors (Lipinski definition) is 4. The molecule has 38 heavy (non-hydrogen) atoms. The highest BCUT2D eigenvalue weighted by atomic mass is 35.5. The summed E-state index contributed by atoms with van der Waals surface area (Å²) in [6, 6.07) is 12.6. The molecule has 1 atom stereocenters. The third-order valence-electron chi connectivity index (χ3n) is 7.35. The highest BCUT2D eigenvalue weighted by Crippen LogP contribution is 2.29. The maximum Gasteiger partial charge on any atom is 0.243 e. The van der Waals surface area contributed by atoms with Gasteiger partial charge in [0, 0.05) is 30.6 Å². The lowest BCUT2D eigenvalue weighted by molar-refractivity contribution is -0.141. The van der Waals surface area contributed by atoms with E-state index in [0.29, 0.717) is 35.7 Å². The number of carbonyl (C=O) groups excluding carboxylic acids is 2. The van der Waals surface area contributed by atoms with Gasteiger partial charge in [-0.3, -0.25) is 13.9 Å². The van der Waals surface area contributed by atoms with Crippen LogP contribution in [0.15, 0.2) is 42.5 Å². The number of halogens is 1. The molecule has 1 aliphatic carbocycles. The molecule has 0 spiro atoms. The summed E-state index contributed by atoms with van der Waals surface area (Å²) in [5.41, 5.74) is 3.21. The van der Waals surface area contributed by atoms with Crippen molar-refractivity contribution in [1.82, 2.24) is 10.2 Å². The number of amides is 2. The van der Waals surface area contributed by atoms with E-state index in [0.717, 1.165) is 43.1 Å². The average Bonchev–Trinajstić information content (AvgIpc) is 3.37. The molecule has 208 valence electrons. The van der Waals surface area contributed by atoms with Crippen molar-refractivity contribution < 1.29 is 18.0 Å². The predicted molar refractivity (Wildman–Crippen MR) is 154 cm³/mol. The molecule has 9 heteroatoms. The smallest absolute Gasteiger partial charge is 0.243 e. The van der Waals surface area contributed by atoms with Gasteiger partial charge in [-0.1, -0.05) is 61.7 Å². The molecule has 2 aromatic rings. The fourth-order valence-corrected chi connectivity index (χ4v) is 6.29.